The number of amides is 1. The van der Waals surface area contributed by atoms with E-state index in [4.69, 9.17) is 9.47 Å². The van der Waals surface area contributed by atoms with Gasteiger partial charge < -0.3 is 29.9 Å². The van der Waals surface area contributed by atoms with Crippen LogP contribution in [0.4, 0.5) is 41.6 Å². The van der Waals surface area contributed by atoms with Crippen LogP contribution in [0.1, 0.15) is 15.9 Å². The predicted molar refractivity (Wildman–Crippen MR) is 136 cm³/mol. The summed E-state index contributed by atoms with van der Waals surface area (Å²) in [5.74, 6) is -0.114. The molecule has 0 saturated carbocycles. The summed E-state index contributed by atoms with van der Waals surface area (Å²) in [6.07, 6.45) is -1.63. The fourth-order valence-corrected chi connectivity index (χ4v) is 3.98. The molecule has 1 amide bonds. The van der Waals surface area contributed by atoms with Crippen LogP contribution in [0.5, 0.6) is 5.75 Å². The van der Waals surface area contributed by atoms with Gasteiger partial charge in [0.25, 0.3) is 5.91 Å². The summed E-state index contributed by atoms with van der Waals surface area (Å²) >= 11 is 0. The first kappa shape index (κ1) is 26.1. The minimum atomic E-state index is -4.66. The molecule has 1 aliphatic rings. The maximum atomic E-state index is 13.8. The summed E-state index contributed by atoms with van der Waals surface area (Å²) in [6, 6.07) is 10.6. The number of halogens is 3. The number of pyridine rings is 1. The third-order valence-electron chi connectivity index (χ3n) is 5.88. The first-order valence-electron chi connectivity index (χ1n) is 11.6. The zero-order chi connectivity index (χ0) is 26.6. The number of anilines is 5. The molecule has 37 heavy (non-hydrogen) atoms. The quantitative estimate of drug-likeness (QED) is 0.451. The lowest BCUT2D eigenvalue weighted by Crippen LogP contribution is -2.36. The average molecular weight is 516 g/mol. The van der Waals surface area contributed by atoms with E-state index < -0.39 is 17.6 Å². The Morgan fingerprint density at radius 2 is 1.73 bits per heavy atom. The van der Waals surface area contributed by atoms with Gasteiger partial charge in [0, 0.05) is 57.0 Å². The second kappa shape index (κ2) is 11.0. The smallest absolute Gasteiger partial charge is 0.416 e. The lowest BCUT2D eigenvalue weighted by molar-refractivity contribution is -0.137. The highest BCUT2D eigenvalue weighted by Gasteiger charge is 2.34. The monoisotopic (exact) mass is 515 g/mol. The Labute approximate surface area is 213 Å². The number of carbonyl (C=O) groups is 1. The van der Waals surface area contributed by atoms with E-state index in [0.29, 0.717) is 30.3 Å². The van der Waals surface area contributed by atoms with Gasteiger partial charge in [0.15, 0.2) is 0 Å². The van der Waals surface area contributed by atoms with Gasteiger partial charge in [-0.3, -0.25) is 9.78 Å². The molecule has 2 aromatic carbocycles. The van der Waals surface area contributed by atoms with Crippen LogP contribution in [-0.2, 0) is 10.9 Å². The van der Waals surface area contributed by atoms with Crippen LogP contribution in [0, 0.1) is 0 Å². The van der Waals surface area contributed by atoms with E-state index in [2.05, 4.69) is 20.5 Å². The molecule has 11 heteroatoms. The van der Waals surface area contributed by atoms with E-state index in [1.54, 1.807) is 18.2 Å². The van der Waals surface area contributed by atoms with E-state index in [0.717, 1.165) is 30.9 Å². The summed E-state index contributed by atoms with van der Waals surface area (Å²) < 4.78 is 52.5. The Hall–Kier alpha value is -3.99. The van der Waals surface area contributed by atoms with Crippen LogP contribution >= 0.6 is 0 Å². The number of nitrogens with one attached hydrogen (secondary N) is 2. The Morgan fingerprint density at radius 3 is 2.35 bits per heavy atom. The molecule has 1 fully saturated rings. The normalized spacial score (nSPS) is 13.7. The molecular weight excluding hydrogens is 487 g/mol. The SMILES string of the molecule is COc1cc(N2CCOCC2)ccc1Nc1c(Nc2ccncc2)cc(C(F)(F)F)cc1C(=O)N(C)C. The maximum absolute atomic E-state index is 13.8. The van der Waals surface area contributed by atoms with Gasteiger partial charge in [-0.2, -0.15) is 13.2 Å². The Morgan fingerprint density at radius 1 is 1.03 bits per heavy atom. The highest BCUT2D eigenvalue weighted by atomic mass is 19.4. The molecule has 0 atom stereocenters. The van der Waals surface area contributed by atoms with Crippen molar-refractivity contribution in [3.05, 3.63) is 66.0 Å². The van der Waals surface area contributed by atoms with Crippen molar-refractivity contribution in [1.29, 1.82) is 0 Å². The van der Waals surface area contributed by atoms with E-state index in [-0.39, 0.29) is 16.9 Å². The van der Waals surface area contributed by atoms with Gasteiger partial charge in [0.1, 0.15) is 5.75 Å². The van der Waals surface area contributed by atoms with Gasteiger partial charge in [-0.1, -0.05) is 0 Å². The Balaban J connectivity index is 1.82. The first-order valence-corrected chi connectivity index (χ1v) is 11.6. The summed E-state index contributed by atoms with van der Waals surface area (Å²) in [4.78, 5) is 20.4. The van der Waals surface area contributed by atoms with Crippen LogP contribution in [0.15, 0.2) is 54.9 Å². The second-order valence-corrected chi connectivity index (χ2v) is 8.61. The molecule has 8 nitrogen and oxygen atoms in total. The number of hydrogen-bond acceptors (Lipinski definition) is 7. The van der Waals surface area contributed by atoms with Crippen molar-refractivity contribution < 1.29 is 27.4 Å². The minimum absolute atomic E-state index is 0.0746. The number of ether oxygens (including phenoxy) is 2. The van der Waals surface area contributed by atoms with Crippen LogP contribution in [-0.4, -0.2) is 63.3 Å². The summed E-state index contributed by atoms with van der Waals surface area (Å²) in [7, 11) is 4.48. The van der Waals surface area contributed by atoms with Crippen molar-refractivity contribution in [1.82, 2.24) is 9.88 Å². The van der Waals surface area contributed by atoms with E-state index in [1.807, 2.05) is 12.1 Å². The van der Waals surface area contributed by atoms with Gasteiger partial charge >= 0.3 is 6.18 Å². The lowest BCUT2D eigenvalue weighted by Gasteiger charge is -2.29. The number of methoxy groups -OCH3 is 1. The summed E-state index contributed by atoms with van der Waals surface area (Å²) in [5.41, 5.74) is 1.09. The highest BCUT2D eigenvalue weighted by molar-refractivity contribution is 6.04. The number of alkyl halides is 3. The predicted octanol–water partition coefficient (Wildman–Crippen LogP) is 5.13. The highest BCUT2D eigenvalue weighted by Crippen LogP contribution is 2.41. The van der Waals surface area contributed by atoms with Gasteiger partial charge in [-0.15, -0.1) is 0 Å². The molecule has 1 saturated heterocycles. The number of carbonyl (C=O) groups excluding carboxylic acids is 1. The van der Waals surface area contributed by atoms with Crippen molar-refractivity contribution in [2.45, 2.75) is 6.18 Å². The van der Waals surface area contributed by atoms with Crippen molar-refractivity contribution in [2.24, 2.45) is 0 Å². The first-order chi connectivity index (χ1) is 17.7. The number of benzene rings is 2. The molecule has 196 valence electrons. The third-order valence-corrected chi connectivity index (χ3v) is 5.88. The number of nitrogens with zero attached hydrogens (tertiary/aromatic N) is 3. The molecule has 0 unspecified atom stereocenters. The minimum Gasteiger partial charge on any atom is -0.494 e. The number of morpholine rings is 1. The van der Waals surface area contributed by atoms with Crippen molar-refractivity contribution >= 4 is 34.3 Å². The summed E-state index contributed by atoms with van der Waals surface area (Å²) in [6.45, 7) is 2.70. The summed E-state index contributed by atoms with van der Waals surface area (Å²) in [5, 5.41) is 6.17. The molecule has 1 aliphatic heterocycles. The molecule has 1 aromatic heterocycles. The Bertz CT molecular complexity index is 1250. The molecule has 0 aliphatic carbocycles. The number of rotatable bonds is 7. The molecule has 0 radical (unpaired) electrons. The van der Waals surface area contributed by atoms with Crippen molar-refractivity contribution in [2.75, 3.05) is 63.0 Å². The van der Waals surface area contributed by atoms with Gasteiger partial charge in [-0.05, 0) is 36.4 Å². The van der Waals surface area contributed by atoms with Gasteiger partial charge in [0.2, 0.25) is 0 Å². The lowest BCUT2D eigenvalue weighted by atomic mass is 10.0. The Kier molecular flexibility index (Phi) is 7.72. The van der Waals surface area contributed by atoms with Crippen LogP contribution in [0.3, 0.4) is 0 Å². The zero-order valence-corrected chi connectivity index (χ0v) is 20.7. The largest absolute Gasteiger partial charge is 0.494 e. The van der Waals surface area contributed by atoms with Crippen molar-refractivity contribution in [3.8, 4) is 5.75 Å². The van der Waals surface area contributed by atoms with E-state index in [9.17, 15) is 18.0 Å². The van der Waals surface area contributed by atoms with E-state index >= 15 is 0 Å². The van der Waals surface area contributed by atoms with Crippen LogP contribution < -0.4 is 20.3 Å². The molecule has 4 rings (SSSR count). The molecule has 2 heterocycles. The topological polar surface area (TPSA) is 79.0 Å². The van der Waals surface area contributed by atoms with Crippen LogP contribution in [0.2, 0.25) is 0 Å². The van der Waals surface area contributed by atoms with Gasteiger partial charge in [-0.25, -0.2) is 0 Å². The fraction of sp³-hybridized carbons (Fsp3) is 0.308. The van der Waals surface area contributed by atoms with E-state index in [1.165, 1.54) is 38.5 Å². The maximum Gasteiger partial charge on any atom is 0.416 e. The number of hydrogen-bond donors (Lipinski definition) is 2. The van der Waals surface area contributed by atoms with Gasteiger partial charge in [0.05, 0.1) is 48.5 Å². The fourth-order valence-electron chi connectivity index (χ4n) is 3.98. The standard InChI is InChI=1S/C26H28F3N5O3/c1-33(2)25(35)20-14-17(26(27,28)29)15-22(31-18-6-8-30-9-7-18)24(20)32-21-5-4-19(16-23(21)36-3)34-10-12-37-13-11-34/h4-9,14-16,32H,10-13H2,1-3H3,(H,30,31). The molecule has 0 bridgehead atoms. The zero-order valence-electron chi connectivity index (χ0n) is 20.7. The number of aromatic nitrogens is 1. The molecule has 0 spiro atoms. The van der Waals surface area contributed by atoms with Crippen LogP contribution in [0.25, 0.3) is 0 Å². The average Bonchev–Trinajstić information content (AvgIpc) is 2.89. The third kappa shape index (κ3) is 6.05. The molecular formula is C26H28F3N5O3. The second-order valence-electron chi connectivity index (χ2n) is 8.61. The van der Waals surface area contributed by atoms with Crippen molar-refractivity contribution in [3.63, 3.8) is 0 Å². The molecule has 2 N–H and O–H groups in total. The molecule has 3 aromatic rings.